The molecule has 17 heavy (non-hydrogen) atoms. The second kappa shape index (κ2) is 5.02. The summed E-state index contributed by atoms with van der Waals surface area (Å²) in [4.78, 5) is 11.9. The van der Waals surface area contributed by atoms with Crippen LogP contribution in [0.1, 0.15) is 34.1 Å². The molecule has 2 atom stereocenters. The van der Waals surface area contributed by atoms with Gasteiger partial charge in [-0.25, -0.2) is 12.8 Å². The van der Waals surface area contributed by atoms with E-state index in [1.807, 2.05) is 0 Å². The molecule has 2 unspecified atom stereocenters. The molecule has 4 nitrogen and oxygen atoms in total. The van der Waals surface area contributed by atoms with Gasteiger partial charge in [0.2, 0.25) is 10.0 Å². The molecule has 0 aromatic carbocycles. The first-order valence-electron chi connectivity index (χ1n) is 5.86. The molecule has 1 rings (SSSR count). The number of sulfonamides is 1. The molecule has 1 aliphatic heterocycles. The third-order valence-electron chi connectivity index (χ3n) is 3.02. The van der Waals surface area contributed by atoms with Crippen molar-refractivity contribution < 1.29 is 17.6 Å². The minimum absolute atomic E-state index is 0.0109. The van der Waals surface area contributed by atoms with Gasteiger partial charge >= 0.3 is 0 Å². The number of rotatable bonds is 4. The van der Waals surface area contributed by atoms with E-state index in [0.29, 0.717) is 0 Å². The van der Waals surface area contributed by atoms with Crippen LogP contribution in [-0.2, 0) is 14.8 Å². The van der Waals surface area contributed by atoms with Crippen molar-refractivity contribution in [3.8, 4) is 0 Å². The quantitative estimate of drug-likeness (QED) is 0.771. The number of halogens is 1. The van der Waals surface area contributed by atoms with E-state index in [4.69, 9.17) is 0 Å². The maximum absolute atomic E-state index is 13.4. The Labute approximate surface area is 102 Å². The Morgan fingerprint density at radius 2 is 1.82 bits per heavy atom. The zero-order valence-electron chi connectivity index (χ0n) is 10.7. The summed E-state index contributed by atoms with van der Waals surface area (Å²) < 4.78 is 38.5. The fourth-order valence-corrected chi connectivity index (χ4v) is 3.41. The monoisotopic (exact) mass is 265 g/mol. The van der Waals surface area contributed by atoms with Crippen LogP contribution in [0.15, 0.2) is 0 Å². The molecule has 0 aliphatic carbocycles. The van der Waals surface area contributed by atoms with Gasteiger partial charge in [-0.15, -0.1) is 0 Å². The number of Topliss-reactive ketones (excluding diaryl/α,β-unsaturated/α-hetero) is 1. The molecule has 0 aromatic heterocycles. The molecule has 0 N–H and O–H groups in total. The largest absolute Gasteiger partial charge is 0.298 e. The summed E-state index contributed by atoms with van der Waals surface area (Å²) in [6.45, 7) is 6.29. The van der Waals surface area contributed by atoms with Gasteiger partial charge < -0.3 is 0 Å². The lowest BCUT2D eigenvalue weighted by Gasteiger charge is -2.25. The molecular formula is C11H20FNO3S. The molecule has 0 aromatic rings. The van der Waals surface area contributed by atoms with E-state index in [0.717, 1.165) is 4.31 Å². The third kappa shape index (κ3) is 2.85. The van der Waals surface area contributed by atoms with Crippen molar-refractivity contribution in [2.24, 2.45) is 5.92 Å². The lowest BCUT2D eigenvalue weighted by atomic mass is 10.0. The van der Waals surface area contributed by atoms with Gasteiger partial charge in [-0.05, 0) is 13.8 Å². The predicted molar refractivity (Wildman–Crippen MR) is 63.9 cm³/mol. The van der Waals surface area contributed by atoms with Crippen LogP contribution in [0.3, 0.4) is 0 Å². The molecule has 1 aliphatic rings. The van der Waals surface area contributed by atoms with Gasteiger partial charge in [-0.2, -0.15) is 4.31 Å². The van der Waals surface area contributed by atoms with Gasteiger partial charge in [-0.3, -0.25) is 4.79 Å². The first-order valence-corrected chi connectivity index (χ1v) is 7.36. The minimum atomic E-state index is -3.56. The van der Waals surface area contributed by atoms with Gasteiger partial charge in [0.1, 0.15) is 6.17 Å². The number of carbonyl (C=O) groups is 1. The second-order valence-corrected chi connectivity index (χ2v) is 7.51. The van der Waals surface area contributed by atoms with Crippen molar-refractivity contribution in [2.45, 2.75) is 51.6 Å². The molecule has 0 saturated carbocycles. The highest BCUT2D eigenvalue weighted by atomic mass is 32.2. The van der Waals surface area contributed by atoms with Crippen molar-refractivity contribution >= 4 is 15.8 Å². The SMILES string of the molecule is CC(C)C(=O)C1CC(F)CN1S(=O)(=O)C(C)C. The van der Waals surface area contributed by atoms with Gasteiger partial charge in [-0.1, -0.05) is 13.8 Å². The van der Waals surface area contributed by atoms with E-state index >= 15 is 0 Å². The Kier molecular flexibility index (Phi) is 4.30. The van der Waals surface area contributed by atoms with E-state index in [1.165, 1.54) is 13.8 Å². The lowest BCUT2D eigenvalue weighted by Crippen LogP contribution is -2.45. The Bertz CT molecular complexity index is 392. The lowest BCUT2D eigenvalue weighted by molar-refractivity contribution is -0.125. The normalized spacial score (nSPS) is 27.0. The molecule has 0 amide bonds. The Balaban J connectivity index is 3.02. The summed E-state index contributed by atoms with van der Waals surface area (Å²) in [6, 6.07) is -0.822. The number of alkyl halides is 1. The molecular weight excluding hydrogens is 245 g/mol. The van der Waals surface area contributed by atoms with Crippen molar-refractivity contribution in [1.29, 1.82) is 0 Å². The van der Waals surface area contributed by atoms with Crippen LogP contribution in [0, 0.1) is 5.92 Å². The van der Waals surface area contributed by atoms with E-state index < -0.39 is 27.5 Å². The summed E-state index contributed by atoms with van der Waals surface area (Å²) in [5.74, 6) is -0.482. The average molecular weight is 265 g/mol. The van der Waals surface area contributed by atoms with Crippen LogP contribution >= 0.6 is 0 Å². The predicted octanol–water partition coefficient (Wildman–Crippen LogP) is 1.36. The van der Waals surface area contributed by atoms with Crippen molar-refractivity contribution in [3.63, 3.8) is 0 Å². The molecule has 0 radical (unpaired) electrons. The molecule has 1 saturated heterocycles. The maximum atomic E-state index is 13.4. The van der Waals surface area contributed by atoms with Crippen LogP contribution < -0.4 is 0 Å². The third-order valence-corrected chi connectivity index (χ3v) is 5.27. The molecule has 100 valence electrons. The van der Waals surface area contributed by atoms with Gasteiger partial charge in [0.25, 0.3) is 0 Å². The smallest absolute Gasteiger partial charge is 0.217 e. The van der Waals surface area contributed by atoms with Gasteiger partial charge in [0.05, 0.1) is 11.3 Å². The van der Waals surface area contributed by atoms with Crippen LogP contribution in [0.25, 0.3) is 0 Å². The van der Waals surface area contributed by atoms with Gasteiger partial charge in [0.15, 0.2) is 5.78 Å². The van der Waals surface area contributed by atoms with E-state index in [9.17, 15) is 17.6 Å². The molecule has 1 fully saturated rings. The minimum Gasteiger partial charge on any atom is -0.298 e. The van der Waals surface area contributed by atoms with Crippen molar-refractivity contribution in [3.05, 3.63) is 0 Å². The fraction of sp³-hybridized carbons (Fsp3) is 0.909. The Morgan fingerprint density at radius 3 is 2.24 bits per heavy atom. The molecule has 1 heterocycles. The zero-order chi connectivity index (χ0) is 13.4. The maximum Gasteiger partial charge on any atom is 0.217 e. The summed E-state index contributed by atoms with van der Waals surface area (Å²) in [5, 5.41) is -0.629. The first kappa shape index (κ1) is 14.6. The number of carbonyl (C=O) groups excluding carboxylic acids is 1. The molecule has 0 spiro atoms. The fourth-order valence-electron chi connectivity index (χ4n) is 1.95. The van der Waals surface area contributed by atoms with E-state index in [-0.39, 0.29) is 24.7 Å². The number of hydrogen-bond acceptors (Lipinski definition) is 3. The summed E-state index contributed by atoms with van der Waals surface area (Å²) in [7, 11) is -3.56. The van der Waals surface area contributed by atoms with Crippen LogP contribution in [-0.4, -0.2) is 42.5 Å². The molecule has 0 bridgehead atoms. The summed E-state index contributed by atoms with van der Waals surface area (Å²) in [6.07, 6.45) is -1.25. The van der Waals surface area contributed by atoms with Crippen LogP contribution in [0.5, 0.6) is 0 Å². The van der Waals surface area contributed by atoms with E-state index in [1.54, 1.807) is 13.8 Å². The second-order valence-electron chi connectivity index (χ2n) is 5.07. The highest BCUT2D eigenvalue weighted by molar-refractivity contribution is 7.89. The average Bonchev–Trinajstić information content (AvgIpc) is 2.59. The number of hydrogen-bond donors (Lipinski definition) is 0. The van der Waals surface area contributed by atoms with Crippen molar-refractivity contribution in [2.75, 3.05) is 6.54 Å². The van der Waals surface area contributed by atoms with Gasteiger partial charge in [0, 0.05) is 18.9 Å². The van der Waals surface area contributed by atoms with Crippen LogP contribution in [0.4, 0.5) is 4.39 Å². The number of nitrogens with zero attached hydrogens (tertiary/aromatic N) is 1. The summed E-state index contributed by atoms with van der Waals surface area (Å²) >= 11 is 0. The first-order chi connectivity index (χ1) is 7.67. The Morgan fingerprint density at radius 1 is 1.29 bits per heavy atom. The van der Waals surface area contributed by atoms with E-state index in [2.05, 4.69) is 0 Å². The topological polar surface area (TPSA) is 54.5 Å². The molecule has 6 heteroatoms. The highest BCUT2D eigenvalue weighted by Crippen LogP contribution is 2.27. The standard InChI is InChI=1S/C11H20FNO3S/c1-7(2)11(14)10-5-9(12)6-13(10)17(15,16)8(3)4/h7-10H,5-6H2,1-4H3. The summed E-state index contributed by atoms with van der Waals surface area (Å²) in [5.41, 5.74) is 0. The number of ketones is 1. The Hall–Kier alpha value is -0.490. The zero-order valence-corrected chi connectivity index (χ0v) is 11.5. The highest BCUT2D eigenvalue weighted by Gasteiger charge is 2.44. The van der Waals surface area contributed by atoms with Crippen LogP contribution in [0.2, 0.25) is 0 Å². The van der Waals surface area contributed by atoms with Crippen molar-refractivity contribution in [1.82, 2.24) is 4.31 Å².